The molecule has 1 aliphatic rings. The van der Waals surface area contributed by atoms with Gasteiger partial charge >= 0.3 is 0 Å². The Balaban J connectivity index is 2.54. The fourth-order valence-corrected chi connectivity index (χ4v) is 1.48. The molecule has 0 radical (unpaired) electrons. The highest BCUT2D eigenvalue weighted by molar-refractivity contribution is 5.82. The lowest BCUT2D eigenvalue weighted by atomic mass is 10.1. The highest BCUT2D eigenvalue weighted by Gasteiger charge is 2.27. The lowest BCUT2D eigenvalue weighted by Gasteiger charge is -2.34. The van der Waals surface area contributed by atoms with Crippen molar-refractivity contribution in [3.8, 4) is 12.3 Å². The van der Waals surface area contributed by atoms with Crippen LogP contribution in [0.15, 0.2) is 0 Å². The SMILES string of the molecule is C#CCC(N)C(=O)N1CCOC[C@H]1C. The largest absolute Gasteiger partial charge is 0.377 e. The number of hydrogen-bond donors (Lipinski definition) is 1. The first-order valence-corrected chi connectivity index (χ1v) is 4.74. The van der Waals surface area contributed by atoms with E-state index in [0.29, 0.717) is 26.2 Å². The second kappa shape index (κ2) is 4.99. The number of morpholine rings is 1. The summed E-state index contributed by atoms with van der Waals surface area (Å²) in [5, 5.41) is 0. The van der Waals surface area contributed by atoms with Crippen molar-refractivity contribution in [3.63, 3.8) is 0 Å². The number of carbonyl (C=O) groups excluding carboxylic acids is 1. The molecule has 1 unspecified atom stereocenters. The Labute approximate surface area is 84.4 Å². The number of carbonyl (C=O) groups is 1. The summed E-state index contributed by atoms with van der Waals surface area (Å²) >= 11 is 0. The zero-order chi connectivity index (χ0) is 10.6. The van der Waals surface area contributed by atoms with Crippen molar-refractivity contribution in [3.05, 3.63) is 0 Å². The van der Waals surface area contributed by atoms with Gasteiger partial charge in [0.25, 0.3) is 0 Å². The normalized spacial score (nSPS) is 24.1. The summed E-state index contributed by atoms with van der Waals surface area (Å²) in [5.41, 5.74) is 5.65. The van der Waals surface area contributed by atoms with Crippen LogP contribution in [0.5, 0.6) is 0 Å². The molecule has 0 saturated carbocycles. The van der Waals surface area contributed by atoms with Gasteiger partial charge in [0, 0.05) is 13.0 Å². The molecule has 1 saturated heterocycles. The molecule has 1 amide bonds. The standard InChI is InChI=1S/C10H16N2O2/c1-3-4-9(11)10(13)12-5-6-14-7-8(12)2/h1,8-9H,4-7,11H2,2H3/t8-,9?/m1/s1. The molecule has 1 heterocycles. The molecular weight excluding hydrogens is 180 g/mol. The Kier molecular flexibility index (Phi) is 3.93. The highest BCUT2D eigenvalue weighted by Crippen LogP contribution is 2.08. The van der Waals surface area contributed by atoms with Crippen molar-refractivity contribution in [1.29, 1.82) is 0 Å². The zero-order valence-corrected chi connectivity index (χ0v) is 8.40. The van der Waals surface area contributed by atoms with Gasteiger partial charge in [0.1, 0.15) is 0 Å². The van der Waals surface area contributed by atoms with Crippen LogP contribution in [0.4, 0.5) is 0 Å². The van der Waals surface area contributed by atoms with Crippen molar-refractivity contribution in [2.24, 2.45) is 5.73 Å². The van der Waals surface area contributed by atoms with E-state index in [9.17, 15) is 4.79 Å². The van der Waals surface area contributed by atoms with Gasteiger partial charge in [-0.05, 0) is 6.92 Å². The number of rotatable bonds is 2. The van der Waals surface area contributed by atoms with Crippen LogP contribution in [0.25, 0.3) is 0 Å². The first-order valence-electron chi connectivity index (χ1n) is 4.74. The van der Waals surface area contributed by atoms with E-state index in [-0.39, 0.29) is 11.9 Å². The van der Waals surface area contributed by atoms with Gasteiger partial charge in [0.15, 0.2) is 0 Å². The second-order valence-electron chi connectivity index (χ2n) is 3.47. The smallest absolute Gasteiger partial charge is 0.240 e. The van der Waals surface area contributed by atoms with E-state index >= 15 is 0 Å². The van der Waals surface area contributed by atoms with Gasteiger partial charge < -0.3 is 15.4 Å². The molecule has 14 heavy (non-hydrogen) atoms. The molecule has 1 fully saturated rings. The van der Waals surface area contributed by atoms with Crippen molar-refractivity contribution in [2.45, 2.75) is 25.4 Å². The van der Waals surface area contributed by atoms with Crippen LogP contribution in [-0.4, -0.2) is 42.6 Å². The van der Waals surface area contributed by atoms with E-state index in [2.05, 4.69) is 5.92 Å². The quantitative estimate of drug-likeness (QED) is 0.610. The minimum atomic E-state index is -0.569. The van der Waals surface area contributed by atoms with Crippen LogP contribution in [0.2, 0.25) is 0 Å². The molecule has 1 aliphatic heterocycles. The van der Waals surface area contributed by atoms with Gasteiger partial charge in [-0.3, -0.25) is 4.79 Å². The Bertz CT molecular complexity index is 247. The first-order chi connectivity index (χ1) is 6.66. The number of nitrogens with two attached hydrogens (primary N) is 1. The van der Waals surface area contributed by atoms with Crippen LogP contribution in [0, 0.1) is 12.3 Å². The maximum atomic E-state index is 11.7. The van der Waals surface area contributed by atoms with Crippen LogP contribution >= 0.6 is 0 Å². The van der Waals surface area contributed by atoms with Gasteiger partial charge in [-0.15, -0.1) is 12.3 Å². The van der Waals surface area contributed by atoms with E-state index in [1.54, 1.807) is 4.90 Å². The van der Waals surface area contributed by atoms with Gasteiger partial charge in [-0.25, -0.2) is 0 Å². The van der Waals surface area contributed by atoms with Crippen LogP contribution in [0.3, 0.4) is 0 Å². The van der Waals surface area contributed by atoms with E-state index in [4.69, 9.17) is 16.9 Å². The molecule has 4 nitrogen and oxygen atoms in total. The van der Waals surface area contributed by atoms with E-state index in [0.717, 1.165) is 0 Å². The number of amides is 1. The highest BCUT2D eigenvalue weighted by atomic mass is 16.5. The monoisotopic (exact) mass is 196 g/mol. The van der Waals surface area contributed by atoms with Crippen molar-refractivity contribution < 1.29 is 9.53 Å². The minimum absolute atomic E-state index is 0.0706. The van der Waals surface area contributed by atoms with Crippen LogP contribution < -0.4 is 5.73 Å². The number of ether oxygens (including phenoxy) is 1. The average molecular weight is 196 g/mol. The molecule has 2 atom stereocenters. The third-order valence-corrected chi connectivity index (χ3v) is 2.31. The van der Waals surface area contributed by atoms with E-state index < -0.39 is 6.04 Å². The molecule has 0 aliphatic carbocycles. The molecule has 1 rings (SSSR count). The zero-order valence-electron chi connectivity index (χ0n) is 8.40. The van der Waals surface area contributed by atoms with Crippen molar-refractivity contribution >= 4 is 5.91 Å². The molecule has 0 aromatic heterocycles. The molecule has 4 heteroatoms. The molecule has 0 bridgehead atoms. The molecule has 0 aromatic rings. The summed E-state index contributed by atoms with van der Waals surface area (Å²) in [6.45, 7) is 3.71. The molecule has 0 spiro atoms. The van der Waals surface area contributed by atoms with Crippen molar-refractivity contribution in [2.75, 3.05) is 19.8 Å². The molecular formula is C10H16N2O2. The molecule has 78 valence electrons. The summed E-state index contributed by atoms with van der Waals surface area (Å²) < 4.78 is 5.23. The number of hydrogen-bond acceptors (Lipinski definition) is 3. The maximum Gasteiger partial charge on any atom is 0.240 e. The van der Waals surface area contributed by atoms with E-state index in [1.807, 2.05) is 6.92 Å². The lowest BCUT2D eigenvalue weighted by Crippen LogP contribution is -2.52. The van der Waals surface area contributed by atoms with E-state index in [1.165, 1.54) is 0 Å². The predicted molar refractivity (Wildman–Crippen MR) is 53.4 cm³/mol. The summed E-state index contributed by atoms with van der Waals surface area (Å²) in [5.74, 6) is 2.33. The maximum absolute atomic E-state index is 11.7. The fourth-order valence-electron chi connectivity index (χ4n) is 1.48. The van der Waals surface area contributed by atoms with Gasteiger partial charge in [0.05, 0.1) is 25.3 Å². The summed E-state index contributed by atoms with van der Waals surface area (Å²) in [6, 6.07) is -0.472. The molecule has 0 aromatic carbocycles. The second-order valence-corrected chi connectivity index (χ2v) is 3.47. The number of nitrogens with zero attached hydrogens (tertiary/aromatic N) is 1. The first kappa shape index (κ1) is 11.0. The fraction of sp³-hybridized carbons (Fsp3) is 0.700. The van der Waals surface area contributed by atoms with Crippen LogP contribution in [-0.2, 0) is 9.53 Å². The minimum Gasteiger partial charge on any atom is -0.377 e. The Hall–Kier alpha value is -1.05. The number of terminal acetylenes is 1. The Morgan fingerprint density at radius 3 is 3.14 bits per heavy atom. The van der Waals surface area contributed by atoms with Crippen molar-refractivity contribution in [1.82, 2.24) is 4.90 Å². The average Bonchev–Trinajstić information content (AvgIpc) is 2.18. The summed E-state index contributed by atoms with van der Waals surface area (Å²) in [7, 11) is 0. The topological polar surface area (TPSA) is 55.6 Å². The third-order valence-electron chi connectivity index (χ3n) is 2.31. The lowest BCUT2D eigenvalue weighted by molar-refractivity contribution is -0.140. The van der Waals surface area contributed by atoms with Gasteiger partial charge in [-0.1, -0.05) is 0 Å². The third kappa shape index (κ3) is 2.47. The van der Waals surface area contributed by atoms with Gasteiger partial charge in [-0.2, -0.15) is 0 Å². The summed E-state index contributed by atoms with van der Waals surface area (Å²) in [6.07, 6.45) is 5.40. The predicted octanol–water partition coefficient (Wildman–Crippen LogP) is -0.416. The Morgan fingerprint density at radius 2 is 2.57 bits per heavy atom. The Morgan fingerprint density at radius 1 is 1.86 bits per heavy atom. The van der Waals surface area contributed by atoms with Crippen LogP contribution in [0.1, 0.15) is 13.3 Å². The van der Waals surface area contributed by atoms with Gasteiger partial charge in [0.2, 0.25) is 5.91 Å². The summed E-state index contributed by atoms with van der Waals surface area (Å²) in [4.78, 5) is 13.5. The molecule has 2 N–H and O–H groups in total.